The second-order valence-corrected chi connectivity index (χ2v) is 6.20. The van der Waals surface area contributed by atoms with Crippen molar-refractivity contribution >= 4 is 17.6 Å². The number of carboxylic acids is 1. The van der Waals surface area contributed by atoms with E-state index in [1.807, 2.05) is 18.2 Å². The van der Waals surface area contributed by atoms with Crippen LogP contribution in [0.5, 0.6) is 0 Å². The third-order valence-electron chi connectivity index (χ3n) is 4.32. The van der Waals surface area contributed by atoms with E-state index in [4.69, 9.17) is 5.26 Å². The lowest BCUT2D eigenvalue weighted by Crippen LogP contribution is -2.48. The summed E-state index contributed by atoms with van der Waals surface area (Å²) in [6.45, 7) is 4.29. The van der Waals surface area contributed by atoms with Crippen molar-refractivity contribution in [2.24, 2.45) is 5.92 Å². The summed E-state index contributed by atoms with van der Waals surface area (Å²) < 4.78 is 0. The second kappa shape index (κ2) is 9.77. The Morgan fingerprint density at radius 1 is 1.16 bits per heavy atom. The van der Waals surface area contributed by atoms with Crippen molar-refractivity contribution in [3.05, 3.63) is 30.3 Å². The molecule has 0 spiro atoms. The maximum Gasteiger partial charge on any atom is 0.308 e. The van der Waals surface area contributed by atoms with Gasteiger partial charge >= 0.3 is 5.97 Å². The van der Waals surface area contributed by atoms with E-state index in [1.54, 1.807) is 12.1 Å². The highest BCUT2D eigenvalue weighted by Gasteiger charge is 2.26. The van der Waals surface area contributed by atoms with Crippen LogP contribution in [0.4, 0.5) is 5.69 Å². The highest BCUT2D eigenvalue weighted by atomic mass is 16.4. The van der Waals surface area contributed by atoms with E-state index < -0.39 is 11.9 Å². The number of hydrogen-bond donors (Lipinski definition) is 2. The maximum absolute atomic E-state index is 12.1. The minimum Gasteiger partial charge on any atom is -0.481 e. The van der Waals surface area contributed by atoms with E-state index in [1.165, 1.54) is 0 Å². The molecule has 0 aliphatic carbocycles. The van der Waals surface area contributed by atoms with E-state index in [0.29, 0.717) is 18.7 Å². The molecule has 134 valence electrons. The number of aliphatic carboxylic acids is 1. The van der Waals surface area contributed by atoms with Gasteiger partial charge in [0.25, 0.3) is 0 Å². The molecule has 7 heteroatoms. The van der Waals surface area contributed by atoms with Crippen LogP contribution in [0.2, 0.25) is 0 Å². The molecule has 25 heavy (non-hydrogen) atoms. The molecule has 1 amide bonds. The van der Waals surface area contributed by atoms with Gasteiger partial charge in [0, 0.05) is 57.8 Å². The lowest BCUT2D eigenvalue weighted by atomic mass is 10.0. The normalized spacial score (nSPS) is 16.8. The number of piperazine rings is 1. The first-order chi connectivity index (χ1) is 12.1. The highest BCUT2D eigenvalue weighted by molar-refractivity contribution is 5.93. The molecule has 1 fully saturated rings. The largest absolute Gasteiger partial charge is 0.481 e. The molecule has 1 atom stereocenters. The van der Waals surface area contributed by atoms with Gasteiger partial charge in [0.2, 0.25) is 5.91 Å². The van der Waals surface area contributed by atoms with Crippen LogP contribution >= 0.6 is 0 Å². The zero-order valence-electron chi connectivity index (χ0n) is 14.2. The number of amides is 1. The average molecular weight is 344 g/mol. The third-order valence-corrected chi connectivity index (χ3v) is 4.32. The van der Waals surface area contributed by atoms with E-state index in [0.717, 1.165) is 32.7 Å². The Morgan fingerprint density at radius 2 is 1.80 bits per heavy atom. The molecule has 1 aliphatic rings. The molecule has 1 aliphatic heterocycles. The van der Waals surface area contributed by atoms with Crippen molar-refractivity contribution in [2.45, 2.75) is 12.8 Å². The zero-order valence-corrected chi connectivity index (χ0v) is 14.2. The number of hydrogen-bond acceptors (Lipinski definition) is 5. The van der Waals surface area contributed by atoms with Crippen LogP contribution in [0.1, 0.15) is 12.8 Å². The van der Waals surface area contributed by atoms with Crippen molar-refractivity contribution in [3.8, 4) is 6.07 Å². The zero-order chi connectivity index (χ0) is 18.1. The van der Waals surface area contributed by atoms with Crippen molar-refractivity contribution in [3.63, 3.8) is 0 Å². The molecule has 7 nitrogen and oxygen atoms in total. The number of nitriles is 1. The summed E-state index contributed by atoms with van der Waals surface area (Å²) in [4.78, 5) is 27.9. The van der Waals surface area contributed by atoms with Crippen LogP contribution in [0, 0.1) is 17.2 Å². The van der Waals surface area contributed by atoms with Gasteiger partial charge in [-0.05, 0) is 12.1 Å². The molecule has 0 radical (unpaired) electrons. The molecule has 1 aromatic rings. The molecule has 0 bridgehead atoms. The van der Waals surface area contributed by atoms with E-state index in [2.05, 4.69) is 21.2 Å². The number of carboxylic acid groups (broad SMARTS) is 1. The average Bonchev–Trinajstić information content (AvgIpc) is 2.61. The van der Waals surface area contributed by atoms with Gasteiger partial charge in [0.1, 0.15) is 0 Å². The van der Waals surface area contributed by atoms with E-state index in [9.17, 15) is 14.7 Å². The lowest BCUT2D eigenvalue weighted by molar-refractivity contribution is -0.144. The number of benzene rings is 1. The summed E-state index contributed by atoms with van der Waals surface area (Å²) >= 11 is 0. The van der Waals surface area contributed by atoms with Gasteiger partial charge in [-0.15, -0.1) is 0 Å². The summed E-state index contributed by atoms with van der Waals surface area (Å²) in [5, 5.41) is 20.8. The molecule has 2 rings (SSSR count). The van der Waals surface area contributed by atoms with Gasteiger partial charge < -0.3 is 10.4 Å². The third kappa shape index (κ3) is 6.53. The lowest BCUT2D eigenvalue weighted by Gasteiger charge is -2.35. The Bertz CT molecular complexity index is 606. The summed E-state index contributed by atoms with van der Waals surface area (Å²) in [6, 6.07) is 11.2. The van der Waals surface area contributed by atoms with Gasteiger partial charge in [-0.3, -0.25) is 19.4 Å². The number of anilines is 1. The minimum absolute atomic E-state index is 0.0428. The topological polar surface area (TPSA) is 96.7 Å². The van der Waals surface area contributed by atoms with Crippen LogP contribution in [-0.2, 0) is 9.59 Å². The van der Waals surface area contributed by atoms with Crippen molar-refractivity contribution in [1.29, 1.82) is 5.26 Å². The molecular formula is C18H24N4O3. The summed E-state index contributed by atoms with van der Waals surface area (Å²) in [7, 11) is 0. The Morgan fingerprint density at radius 3 is 2.40 bits per heavy atom. The summed E-state index contributed by atoms with van der Waals surface area (Å²) in [6.07, 6.45) is 0.469. The number of rotatable bonds is 8. The smallest absolute Gasteiger partial charge is 0.308 e. The molecular weight excluding hydrogens is 320 g/mol. The molecule has 1 heterocycles. The fourth-order valence-corrected chi connectivity index (χ4v) is 2.90. The number of nitrogens with zero attached hydrogens (tertiary/aromatic N) is 3. The van der Waals surface area contributed by atoms with Crippen LogP contribution < -0.4 is 5.32 Å². The van der Waals surface area contributed by atoms with Gasteiger partial charge in [-0.2, -0.15) is 5.26 Å². The fourth-order valence-electron chi connectivity index (χ4n) is 2.90. The number of carbonyl (C=O) groups is 2. The van der Waals surface area contributed by atoms with Gasteiger partial charge in [0.15, 0.2) is 0 Å². The Labute approximate surface area is 147 Å². The van der Waals surface area contributed by atoms with Crippen molar-refractivity contribution in [1.82, 2.24) is 9.80 Å². The summed E-state index contributed by atoms with van der Waals surface area (Å²) in [5.74, 6) is -1.96. The monoisotopic (exact) mass is 344 g/mol. The molecule has 0 saturated carbocycles. The highest BCUT2D eigenvalue weighted by Crippen LogP contribution is 2.12. The number of nitrogens with one attached hydrogen (secondary N) is 1. The molecule has 1 saturated heterocycles. The van der Waals surface area contributed by atoms with Crippen molar-refractivity contribution in [2.75, 3.05) is 44.6 Å². The quantitative estimate of drug-likeness (QED) is 0.737. The second-order valence-electron chi connectivity index (χ2n) is 6.20. The minimum atomic E-state index is -0.949. The van der Waals surface area contributed by atoms with E-state index >= 15 is 0 Å². The van der Waals surface area contributed by atoms with E-state index in [-0.39, 0.29) is 12.3 Å². The number of carbonyl (C=O) groups excluding carboxylic acids is 1. The first-order valence-electron chi connectivity index (χ1n) is 8.48. The summed E-state index contributed by atoms with van der Waals surface area (Å²) in [5.41, 5.74) is 0.669. The number of para-hydroxylation sites is 1. The molecule has 0 unspecified atom stereocenters. The van der Waals surface area contributed by atoms with Gasteiger partial charge in [0.05, 0.1) is 12.0 Å². The van der Waals surface area contributed by atoms with Gasteiger partial charge in [-0.1, -0.05) is 18.2 Å². The predicted molar refractivity (Wildman–Crippen MR) is 93.9 cm³/mol. The predicted octanol–water partition coefficient (Wildman–Crippen LogP) is 1.25. The van der Waals surface area contributed by atoms with Crippen LogP contribution in [-0.4, -0.2) is 66.1 Å². The first-order valence-corrected chi connectivity index (χ1v) is 8.48. The van der Waals surface area contributed by atoms with Crippen LogP contribution in [0.25, 0.3) is 0 Å². The Balaban J connectivity index is 1.80. The first kappa shape index (κ1) is 18.9. The standard InChI is InChI=1S/C18H24N4O3/c19-7-4-8-21-9-11-22(12-10-21)14-15(18(24)25)13-17(23)20-16-5-2-1-3-6-16/h1-3,5-6,15H,4,8-14H2,(H,20,23)(H,24,25)/t15-/m1/s1. The molecule has 0 aromatic heterocycles. The fraction of sp³-hybridized carbons (Fsp3) is 0.500. The molecule has 2 N–H and O–H groups in total. The molecule has 1 aromatic carbocycles. The maximum atomic E-state index is 12.1. The van der Waals surface area contributed by atoms with Crippen molar-refractivity contribution < 1.29 is 14.7 Å². The Hall–Kier alpha value is -2.43. The Kier molecular flexibility index (Phi) is 7.38. The van der Waals surface area contributed by atoms with Gasteiger partial charge in [-0.25, -0.2) is 0 Å². The van der Waals surface area contributed by atoms with Crippen LogP contribution in [0.3, 0.4) is 0 Å². The SMILES string of the molecule is N#CCCN1CCN(C[C@@H](CC(=O)Nc2ccccc2)C(=O)O)CC1. The van der Waals surface area contributed by atoms with Crippen LogP contribution in [0.15, 0.2) is 30.3 Å².